The van der Waals surface area contributed by atoms with Crippen molar-refractivity contribution in [3.63, 3.8) is 0 Å². The van der Waals surface area contributed by atoms with Crippen LogP contribution in [-0.2, 0) is 16.4 Å². The lowest BCUT2D eigenvalue weighted by atomic mass is 10.1. The van der Waals surface area contributed by atoms with Crippen molar-refractivity contribution in [1.29, 1.82) is 0 Å². The van der Waals surface area contributed by atoms with Crippen molar-refractivity contribution in [2.75, 3.05) is 25.4 Å². The summed E-state index contributed by atoms with van der Waals surface area (Å²) in [5, 5.41) is 0. The van der Waals surface area contributed by atoms with Gasteiger partial charge in [0.05, 0.1) is 5.75 Å². The number of aryl methyl sites for hydroxylation is 1. The van der Waals surface area contributed by atoms with E-state index in [1.807, 2.05) is 12.1 Å². The topological polar surface area (TPSA) is 76.3 Å². The first-order valence-electron chi connectivity index (χ1n) is 6.18. The van der Waals surface area contributed by atoms with Gasteiger partial charge in [-0.25, -0.2) is 12.7 Å². The lowest BCUT2D eigenvalue weighted by Crippen LogP contribution is -2.32. The van der Waals surface area contributed by atoms with Crippen molar-refractivity contribution in [2.24, 2.45) is 11.7 Å². The van der Waals surface area contributed by atoms with E-state index in [-0.39, 0.29) is 5.75 Å². The van der Waals surface area contributed by atoms with Crippen LogP contribution in [0.3, 0.4) is 0 Å². The van der Waals surface area contributed by atoms with Crippen LogP contribution >= 0.6 is 0 Å². The normalized spacial score (nSPS) is 21.3. The SMILES string of the molecule is NCC1CCN(S(=O)(=O)CCc2ccncc2)C1. The van der Waals surface area contributed by atoms with Crippen LogP contribution in [0.5, 0.6) is 0 Å². The molecule has 1 aliphatic rings. The molecule has 1 saturated heterocycles. The first-order chi connectivity index (χ1) is 8.62. The Hall–Kier alpha value is -0.980. The van der Waals surface area contributed by atoms with E-state index in [4.69, 9.17) is 5.73 Å². The molecule has 0 saturated carbocycles. The van der Waals surface area contributed by atoms with Crippen LogP contribution in [0.2, 0.25) is 0 Å². The van der Waals surface area contributed by atoms with Gasteiger partial charge in [-0.2, -0.15) is 0 Å². The Balaban J connectivity index is 1.92. The maximum Gasteiger partial charge on any atom is 0.214 e. The van der Waals surface area contributed by atoms with Crippen molar-refractivity contribution in [3.8, 4) is 0 Å². The summed E-state index contributed by atoms with van der Waals surface area (Å²) >= 11 is 0. The Morgan fingerprint density at radius 3 is 2.72 bits per heavy atom. The molecule has 0 aliphatic carbocycles. The van der Waals surface area contributed by atoms with Gasteiger partial charge in [-0.05, 0) is 43.0 Å². The first kappa shape index (κ1) is 13.5. The fourth-order valence-corrected chi connectivity index (χ4v) is 3.74. The summed E-state index contributed by atoms with van der Waals surface area (Å²) < 4.78 is 25.8. The minimum atomic E-state index is -3.14. The molecule has 100 valence electrons. The quantitative estimate of drug-likeness (QED) is 0.830. The standard InChI is InChI=1S/C12H19N3O2S/c13-9-12-3-7-15(10-12)18(16,17)8-4-11-1-5-14-6-2-11/h1-2,5-6,12H,3-4,7-10,13H2. The summed E-state index contributed by atoms with van der Waals surface area (Å²) in [5.41, 5.74) is 6.58. The highest BCUT2D eigenvalue weighted by Gasteiger charge is 2.30. The van der Waals surface area contributed by atoms with Crippen LogP contribution in [0, 0.1) is 5.92 Å². The molecule has 6 heteroatoms. The summed E-state index contributed by atoms with van der Waals surface area (Å²) in [7, 11) is -3.14. The Labute approximate surface area is 108 Å². The number of pyridine rings is 1. The fourth-order valence-electron chi connectivity index (χ4n) is 2.17. The van der Waals surface area contributed by atoms with Gasteiger partial charge in [-0.3, -0.25) is 4.98 Å². The van der Waals surface area contributed by atoms with Gasteiger partial charge in [-0.15, -0.1) is 0 Å². The Morgan fingerprint density at radius 2 is 2.11 bits per heavy atom. The molecule has 0 bridgehead atoms. The highest BCUT2D eigenvalue weighted by Crippen LogP contribution is 2.19. The van der Waals surface area contributed by atoms with Gasteiger partial charge in [0.15, 0.2) is 0 Å². The third-order valence-electron chi connectivity index (χ3n) is 3.37. The maximum atomic E-state index is 12.1. The molecule has 2 N–H and O–H groups in total. The average molecular weight is 269 g/mol. The Morgan fingerprint density at radius 1 is 1.39 bits per heavy atom. The molecule has 18 heavy (non-hydrogen) atoms. The largest absolute Gasteiger partial charge is 0.330 e. The van der Waals surface area contributed by atoms with Gasteiger partial charge in [0.25, 0.3) is 0 Å². The summed E-state index contributed by atoms with van der Waals surface area (Å²) in [6.07, 6.45) is 4.78. The fraction of sp³-hybridized carbons (Fsp3) is 0.583. The van der Waals surface area contributed by atoms with E-state index < -0.39 is 10.0 Å². The Kier molecular flexibility index (Phi) is 4.31. The molecular weight excluding hydrogens is 250 g/mol. The smallest absolute Gasteiger partial charge is 0.214 e. The van der Waals surface area contributed by atoms with Crippen LogP contribution in [0.1, 0.15) is 12.0 Å². The molecule has 0 radical (unpaired) electrons. The van der Waals surface area contributed by atoms with Gasteiger partial charge < -0.3 is 5.73 Å². The second-order valence-corrected chi connectivity index (χ2v) is 6.76. The average Bonchev–Trinajstić information content (AvgIpc) is 2.87. The number of nitrogens with zero attached hydrogens (tertiary/aromatic N) is 2. The van der Waals surface area contributed by atoms with Crippen molar-refractivity contribution in [3.05, 3.63) is 30.1 Å². The van der Waals surface area contributed by atoms with Crippen LogP contribution in [-0.4, -0.2) is 43.1 Å². The molecule has 0 amide bonds. The van der Waals surface area contributed by atoms with E-state index in [0.29, 0.717) is 32.0 Å². The van der Waals surface area contributed by atoms with Gasteiger partial charge in [0.2, 0.25) is 10.0 Å². The van der Waals surface area contributed by atoms with E-state index in [2.05, 4.69) is 4.98 Å². The molecule has 1 aromatic rings. The second-order valence-electron chi connectivity index (χ2n) is 4.67. The van der Waals surface area contributed by atoms with Crippen molar-refractivity contribution < 1.29 is 8.42 Å². The molecule has 1 aromatic heterocycles. The third-order valence-corrected chi connectivity index (χ3v) is 5.21. The lowest BCUT2D eigenvalue weighted by Gasteiger charge is -2.16. The Bertz CT molecular complexity index is 475. The lowest BCUT2D eigenvalue weighted by molar-refractivity contribution is 0.459. The molecule has 2 heterocycles. The molecule has 0 aromatic carbocycles. The van der Waals surface area contributed by atoms with Gasteiger partial charge in [0.1, 0.15) is 0 Å². The minimum absolute atomic E-state index is 0.161. The van der Waals surface area contributed by atoms with Crippen molar-refractivity contribution in [1.82, 2.24) is 9.29 Å². The van der Waals surface area contributed by atoms with E-state index in [9.17, 15) is 8.42 Å². The van der Waals surface area contributed by atoms with Crippen molar-refractivity contribution >= 4 is 10.0 Å². The predicted molar refractivity (Wildman–Crippen MR) is 70.5 cm³/mol. The van der Waals surface area contributed by atoms with Crippen LogP contribution in [0.25, 0.3) is 0 Å². The third kappa shape index (κ3) is 3.28. The number of sulfonamides is 1. The first-order valence-corrected chi connectivity index (χ1v) is 7.79. The molecule has 1 atom stereocenters. The summed E-state index contributed by atoms with van der Waals surface area (Å²) in [6, 6.07) is 3.70. The highest BCUT2D eigenvalue weighted by atomic mass is 32.2. The van der Waals surface area contributed by atoms with E-state index in [1.54, 1.807) is 16.7 Å². The monoisotopic (exact) mass is 269 g/mol. The van der Waals surface area contributed by atoms with Crippen LogP contribution in [0.4, 0.5) is 0 Å². The van der Waals surface area contributed by atoms with E-state index in [0.717, 1.165) is 12.0 Å². The molecule has 1 aliphatic heterocycles. The van der Waals surface area contributed by atoms with E-state index in [1.165, 1.54) is 0 Å². The van der Waals surface area contributed by atoms with Gasteiger partial charge >= 0.3 is 0 Å². The molecule has 5 nitrogen and oxygen atoms in total. The van der Waals surface area contributed by atoms with Crippen LogP contribution < -0.4 is 5.73 Å². The zero-order valence-electron chi connectivity index (χ0n) is 10.3. The molecule has 1 unspecified atom stereocenters. The maximum absolute atomic E-state index is 12.1. The number of rotatable bonds is 5. The van der Waals surface area contributed by atoms with E-state index >= 15 is 0 Å². The van der Waals surface area contributed by atoms with Crippen molar-refractivity contribution in [2.45, 2.75) is 12.8 Å². The number of hydrogen-bond acceptors (Lipinski definition) is 4. The number of nitrogens with two attached hydrogens (primary N) is 1. The number of hydrogen-bond donors (Lipinski definition) is 1. The predicted octanol–water partition coefficient (Wildman–Crippen LogP) is 0.235. The van der Waals surface area contributed by atoms with Gasteiger partial charge in [-0.1, -0.05) is 0 Å². The number of aromatic nitrogens is 1. The van der Waals surface area contributed by atoms with Crippen LogP contribution in [0.15, 0.2) is 24.5 Å². The molecular formula is C12H19N3O2S. The molecule has 0 spiro atoms. The molecule has 1 fully saturated rings. The summed E-state index contributed by atoms with van der Waals surface area (Å²) in [6.45, 7) is 1.76. The minimum Gasteiger partial charge on any atom is -0.330 e. The summed E-state index contributed by atoms with van der Waals surface area (Å²) in [4.78, 5) is 3.91. The highest BCUT2D eigenvalue weighted by molar-refractivity contribution is 7.89. The second kappa shape index (κ2) is 5.77. The van der Waals surface area contributed by atoms with Gasteiger partial charge in [0, 0.05) is 25.5 Å². The molecule has 2 rings (SSSR count). The zero-order valence-corrected chi connectivity index (χ0v) is 11.1. The summed E-state index contributed by atoms with van der Waals surface area (Å²) in [5.74, 6) is 0.481. The zero-order chi connectivity index (χ0) is 13.0.